The van der Waals surface area contributed by atoms with Crippen molar-refractivity contribution in [2.24, 2.45) is 0 Å². The van der Waals surface area contributed by atoms with Crippen LogP contribution in [0.5, 0.6) is 0 Å². The molecule has 0 aromatic heterocycles. The molecule has 1 atom stereocenters. The molecule has 0 fully saturated rings. The molecule has 0 aromatic rings. The fourth-order valence-corrected chi connectivity index (χ4v) is 0.401. The molecule has 0 heterocycles. The molecule has 0 aliphatic rings. The van der Waals surface area contributed by atoms with E-state index in [1.54, 1.807) is 0 Å². The molecule has 0 aliphatic heterocycles. The Kier molecular flexibility index (Phi) is 7.63. The van der Waals surface area contributed by atoms with Crippen LogP contribution in [-0.4, -0.2) is 20.7 Å². The van der Waals surface area contributed by atoms with E-state index in [1.807, 2.05) is 0 Å². The largest absolute Gasteiger partial charge is 1.00 e. The summed E-state index contributed by atoms with van der Waals surface area (Å²) in [5, 5.41) is 0. The minimum absolute atomic E-state index is 0. The average molecular weight is 186 g/mol. The van der Waals surface area contributed by atoms with Gasteiger partial charge >= 0.3 is 57.6 Å². The van der Waals surface area contributed by atoms with Crippen molar-refractivity contribution in [2.75, 3.05) is 5.75 Å². The second kappa shape index (κ2) is 5.22. The summed E-state index contributed by atoms with van der Waals surface area (Å²) in [5.74, 6) is -1.76. The van der Waals surface area contributed by atoms with Gasteiger partial charge in [-0.15, -0.1) is 0 Å². The molecule has 0 radical (unpaired) electrons. The molecule has 0 amide bonds. The van der Waals surface area contributed by atoms with Gasteiger partial charge in [-0.1, -0.05) is 0 Å². The molecule has 7 heteroatoms. The first-order valence-corrected chi connectivity index (χ1v) is 2.79. The number of alkyl halides is 3. The fourth-order valence-electron chi connectivity index (χ4n) is 0.134. The van der Waals surface area contributed by atoms with Gasteiger partial charge in [-0.05, 0) is 11.1 Å². The van der Waals surface area contributed by atoms with Crippen molar-refractivity contribution < 1.29 is 73.3 Å². The van der Waals surface area contributed by atoms with Crippen molar-refractivity contribution in [3.05, 3.63) is 0 Å². The van der Waals surface area contributed by atoms with Crippen molar-refractivity contribution in [2.45, 2.75) is 6.18 Å². The normalized spacial score (nSPS) is 14.2. The Morgan fingerprint density at radius 1 is 1.44 bits per heavy atom. The first kappa shape index (κ1) is 13.1. The summed E-state index contributed by atoms with van der Waals surface area (Å²) in [6.45, 7) is 0. The summed E-state index contributed by atoms with van der Waals surface area (Å²) in [7, 11) is 0. The molecule has 0 rings (SSSR count). The maximum atomic E-state index is 10.9. The first-order chi connectivity index (χ1) is 3.42. The smallest absolute Gasteiger partial charge is 0.772 e. The number of halogens is 3. The van der Waals surface area contributed by atoms with Gasteiger partial charge in [-0.2, -0.15) is 13.2 Å². The molecule has 9 heavy (non-hydrogen) atoms. The van der Waals surface area contributed by atoms with Crippen molar-refractivity contribution in [1.29, 1.82) is 0 Å². The van der Waals surface area contributed by atoms with Crippen LogP contribution in [0.2, 0.25) is 0 Å². The third kappa shape index (κ3) is 12.7. The van der Waals surface area contributed by atoms with Crippen LogP contribution in [0.3, 0.4) is 0 Å². The molecule has 0 saturated heterocycles. The van der Waals surface area contributed by atoms with Crippen LogP contribution < -0.4 is 51.4 Å². The van der Waals surface area contributed by atoms with Crippen molar-refractivity contribution in [3.63, 3.8) is 0 Å². The first-order valence-electron chi connectivity index (χ1n) is 1.54. The van der Waals surface area contributed by atoms with Crippen LogP contribution in [0.25, 0.3) is 0 Å². The molecule has 0 N–H and O–H groups in total. The molecular weight excluding hydrogens is 184 g/mol. The molecule has 1 unspecified atom stereocenters. The van der Waals surface area contributed by atoms with Crippen LogP contribution >= 0.6 is 0 Å². The predicted octanol–water partition coefficient (Wildman–Crippen LogP) is -2.57. The summed E-state index contributed by atoms with van der Waals surface area (Å²) in [4.78, 5) is 0. The van der Waals surface area contributed by atoms with E-state index in [4.69, 9.17) is 0 Å². The zero-order valence-corrected chi connectivity index (χ0v) is 8.51. The van der Waals surface area contributed by atoms with E-state index in [9.17, 15) is 21.9 Å². The second-order valence-corrected chi connectivity index (χ2v) is 1.96. The minimum Gasteiger partial charge on any atom is -0.772 e. The Morgan fingerprint density at radius 2 is 1.78 bits per heavy atom. The molecule has 0 spiro atoms. The zero-order valence-electron chi connectivity index (χ0n) is 4.57. The minimum atomic E-state index is -4.59. The fraction of sp³-hybridized carbons (Fsp3) is 1.00. The molecule has 2 nitrogen and oxygen atoms in total. The summed E-state index contributed by atoms with van der Waals surface area (Å²) >= 11 is -3.01. The van der Waals surface area contributed by atoms with Crippen LogP contribution in [-0.2, 0) is 11.1 Å². The van der Waals surface area contributed by atoms with Gasteiger partial charge in [-0.25, -0.2) is 0 Å². The van der Waals surface area contributed by atoms with Gasteiger partial charge in [0.1, 0.15) is 5.75 Å². The molecule has 0 aliphatic carbocycles. The van der Waals surface area contributed by atoms with Crippen molar-refractivity contribution >= 4 is 11.1 Å². The Balaban J connectivity index is 0. The topological polar surface area (TPSA) is 40.1 Å². The van der Waals surface area contributed by atoms with E-state index in [2.05, 4.69) is 0 Å². The van der Waals surface area contributed by atoms with Gasteiger partial charge in [0, 0.05) is 0 Å². The number of hydrogen-bond acceptors (Lipinski definition) is 2. The molecular formula is C2H2F3KO2S. The van der Waals surface area contributed by atoms with E-state index in [1.165, 1.54) is 0 Å². The summed E-state index contributed by atoms with van der Waals surface area (Å²) < 4.78 is 51.3. The van der Waals surface area contributed by atoms with Gasteiger partial charge in [-0.3, -0.25) is 4.21 Å². The van der Waals surface area contributed by atoms with Gasteiger partial charge < -0.3 is 4.55 Å². The molecule has 0 bridgehead atoms. The monoisotopic (exact) mass is 186 g/mol. The maximum absolute atomic E-state index is 10.9. The van der Waals surface area contributed by atoms with E-state index in [0.29, 0.717) is 0 Å². The van der Waals surface area contributed by atoms with Crippen molar-refractivity contribution in [3.8, 4) is 0 Å². The van der Waals surface area contributed by atoms with E-state index in [-0.39, 0.29) is 51.4 Å². The third-order valence-electron chi connectivity index (χ3n) is 0.282. The van der Waals surface area contributed by atoms with Gasteiger partial charge in [0.15, 0.2) is 0 Å². The van der Waals surface area contributed by atoms with Crippen LogP contribution in [0.15, 0.2) is 0 Å². The van der Waals surface area contributed by atoms with E-state index >= 15 is 0 Å². The Morgan fingerprint density at radius 3 is 1.78 bits per heavy atom. The van der Waals surface area contributed by atoms with Crippen LogP contribution in [0.1, 0.15) is 0 Å². The van der Waals surface area contributed by atoms with E-state index < -0.39 is 23.0 Å². The summed E-state index contributed by atoms with van der Waals surface area (Å²) in [5.41, 5.74) is 0. The Bertz CT molecular complexity index is 102. The standard InChI is InChI=1S/C2H3F3O2S.K/c3-2(4,5)1-8(6)7;/h1H2,(H,6,7);/q;+1/p-1. The van der Waals surface area contributed by atoms with Gasteiger partial charge in [0.2, 0.25) is 0 Å². The third-order valence-corrected chi connectivity index (χ3v) is 0.845. The zero-order chi connectivity index (χ0) is 6.78. The van der Waals surface area contributed by atoms with E-state index in [0.717, 1.165) is 0 Å². The predicted molar refractivity (Wildman–Crippen MR) is 19.8 cm³/mol. The summed E-state index contributed by atoms with van der Waals surface area (Å²) in [6.07, 6.45) is -4.59. The molecule has 50 valence electrons. The average Bonchev–Trinajstić information content (AvgIpc) is 1.21. The van der Waals surface area contributed by atoms with Gasteiger partial charge in [0.05, 0.1) is 0 Å². The summed E-state index contributed by atoms with van der Waals surface area (Å²) in [6, 6.07) is 0. The van der Waals surface area contributed by atoms with Crippen LogP contribution in [0, 0.1) is 0 Å². The number of hydrogen-bond donors (Lipinski definition) is 0. The molecule has 0 aromatic carbocycles. The SMILES string of the molecule is O=S([O-])CC(F)(F)F.[K+]. The van der Waals surface area contributed by atoms with Gasteiger partial charge in [0.25, 0.3) is 0 Å². The van der Waals surface area contributed by atoms with Crippen LogP contribution in [0.4, 0.5) is 13.2 Å². The second-order valence-electron chi connectivity index (χ2n) is 1.06. The molecule has 0 saturated carbocycles. The maximum Gasteiger partial charge on any atom is 1.00 e. The Labute approximate surface area is 94.9 Å². The Hall–Kier alpha value is 1.54. The number of rotatable bonds is 1. The quantitative estimate of drug-likeness (QED) is 0.333. The van der Waals surface area contributed by atoms with Crippen molar-refractivity contribution in [1.82, 2.24) is 0 Å².